The molecule has 0 aliphatic rings. The van der Waals surface area contributed by atoms with Crippen molar-refractivity contribution in [3.8, 4) is 22.9 Å². The van der Waals surface area contributed by atoms with Crippen LogP contribution in [-0.4, -0.2) is 24.4 Å². The zero-order valence-electron chi connectivity index (χ0n) is 14.9. The van der Waals surface area contributed by atoms with E-state index in [9.17, 15) is 0 Å². The normalized spacial score (nSPS) is 10.6. The van der Waals surface area contributed by atoms with Gasteiger partial charge in [-0.2, -0.15) is 4.98 Å². The highest BCUT2D eigenvalue weighted by molar-refractivity contribution is 6.32. The number of nitrogens with zero attached hydrogens (tertiary/aromatic N) is 2. The third-order valence-corrected chi connectivity index (χ3v) is 4.29. The SMILES string of the molecule is CCc1ccc(-c2noc(CNc3cc(OC)c(Cl)cc3OC)n2)cc1. The minimum atomic E-state index is 0.348. The quantitative estimate of drug-likeness (QED) is 0.653. The molecule has 0 bridgehead atoms. The number of hydrogen-bond acceptors (Lipinski definition) is 6. The van der Waals surface area contributed by atoms with Crippen LogP contribution in [0.25, 0.3) is 11.4 Å². The highest BCUT2D eigenvalue weighted by Gasteiger charge is 2.12. The number of benzene rings is 2. The molecular weight excluding hydrogens is 354 g/mol. The van der Waals surface area contributed by atoms with Crippen molar-refractivity contribution >= 4 is 17.3 Å². The zero-order valence-corrected chi connectivity index (χ0v) is 15.6. The summed E-state index contributed by atoms with van der Waals surface area (Å²) in [7, 11) is 3.14. The van der Waals surface area contributed by atoms with E-state index in [2.05, 4.69) is 34.5 Å². The summed E-state index contributed by atoms with van der Waals surface area (Å²) in [4.78, 5) is 4.43. The van der Waals surface area contributed by atoms with E-state index in [0.717, 1.165) is 17.7 Å². The number of rotatable bonds is 7. The van der Waals surface area contributed by atoms with E-state index in [1.165, 1.54) is 5.56 Å². The van der Waals surface area contributed by atoms with E-state index in [0.29, 0.717) is 34.8 Å². The van der Waals surface area contributed by atoms with Gasteiger partial charge in [-0.1, -0.05) is 47.9 Å². The van der Waals surface area contributed by atoms with E-state index in [4.69, 9.17) is 25.6 Å². The van der Waals surface area contributed by atoms with Crippen LogP contribution in [0.5, 0.6) is 11.5 Å². The molecular formula is C19H20ClN3O3. The Morgan fingerprint density at radius 1 is 1.08 bits per heavy atom. The van der Waals surface area contributed by atoms with Crippen molar-refractivity contribution in [1.82, 2.24) is 10.1 Å². The Morgan fingerprint density at radius 2 is 1.81 bits per heavy atom. The fourth-order valence-electron chi connectivity index (χ4n) is 2.50. The largest absolute Gasteiger partial charge is 0.495 e. The topological polar surface area (TPSA) is 69.4 Å². The molecule has 6 nitrogen and oxygen atoms in total. The summed E-state index contributed by atoms with van der Waals surface area (Å²) in [6.07, 6.45) is 0.994. The molecule has 3 aromatic rings. The number of halogens is 1. The molecule has 136 valence electrons. The van der Waals surface area contributed by atoms with Gasteiger partial charge in [0.05, 0.1) is 31.5 Å². The molecule has 1 heterocycles. The van der Waals surface area contributed by atoms with Crippen LogP contribution >= 0.6 is 11.6 Å². The third-order valence-electron chi connectivity index (χ3n) is 3.99. The summed E-state index contributed by atoms with van der Waals surface area (Å²) in [5, 5.41) is 7.72. The van der Waals surface area contributed by atoms with E-state index in [-0.39, 0.29) is 0 Å². The van der Waals surface area contributed by atoms with Gasteiger partial charge in [0.25, 0.3) is 0 Å². The summed E-state index contributed by atoms with van der Waals surface area (Å²) < 4.78 is 15.9. The molecule has 0 atom stereocenters. The van der Waals surface area contributed by atoms with Crippen LogP contribution in [0.3, 0.4) is 0 Å². The molecule has 3 rings (SSSR count). The number of nitrogens with one attached hydrogen (secondary N) is 1. The molecule has 1 aromatic heterocycles. The Morgan fingerprint density at radius 3 is 2.46 bits per heavy atom. The number of hydrogen-bond donors (Lipinski definition) is 1. The highest BCUT2D eigenvalue weighted by atomic mass is 35.5. The van der Waals surface area contributed by atoms with Gasteiger partial charge < -0.3 is 19.3 Å². The van der Waals surface area contributed by atoms with Crippen molar-refractivity contribution in [3.05, 3.63) is 52.9 Å². The summed E-state index contributed by atoms with van der Waals surface area (Å²) >= 11 is 6.12. The molecule has 0 radical (unpaired) electrons. The maximum atomic E-state index is 6.12. The molecule has 0 unspecified atom stereocenters. The third kappa shape index (κ3) is 3.91. The van der Waals surface area contributed by atoms with Crippen molar-refractivity contribution in [3.63, 3.8) is 0 Å². The summed E-state index contributed by atoms with van der Waals surface area (Å²) in [6.45, 7) is 2.47. The van der Waals surface area contributed by atoms with Gasteiger partial charge in [-0.05, 0) is 12.0 Å². The molecule has 0 saturated heterocycles. The molecule has 0 fully saturated rings. The lowest BCUT2D eigenvalue weighted by Crippen LogP contribution is -2.02. The van der Waals surface area contributed by atoms with Crippen molar-refractivity contribution in [1.29, 1.82) is 0 Å². The number of anilines is 1. The van der Waals surface area contributed by atoms with Crippen molar-refractivity contribution in [2.75, 3.05) is 19.5 Å². The molecule has 0 spiro atoms. The van der Waals surface area contributed by atoms with Crippen LogP contribution in [0.4, 0.5) is 5.69 Å². The minimum Gasteiger partial charge on any atom is -0.495 e. The summed E-state index contributed by atoms with van der Waals surface area (Å²) in [5.41, 5.74) is 2.91. The van der Waals surface area contributed by atoms with Gasteiger partial charge in [-0.3, -0.25) is 0 Å². The Bertz CT molecular complexity index is 878. The lowest BCUT2D eigenvalue weighted by Gasteiger charge is -2.12. The first kappa shape index (κ1) is 18.1. The van der Waals surface area contributed by atoms with Gasteiger partial charge in [-0.15, -0.1) is 0 Å². The maximum absolute atomic E-state index is 6.12. The lowest BCUT2D eigenvalue weighted by atomic mass is 10.1. The number of ether oxygens (including phenoxy) is 2. The molecule has 7 heteroatoms. The Labute approximate surface area is 157 Å². The van der Waals surface area contributed by atoms with Crippen LogP contribution in [0.15, 0.2) is 40.9 Å². The lowest BCUT2D eigenvalue weighted by molar-refractivity contribution is 0.383. The van der Waals surface area contributed by atoms with Crippen LogP contribution < -0.4 is 14.8 Å². The maximum Gasteiger partial charge on any atom is 0.246 e. The second-order valence-electron chi connectivity index (χ2n) is 5.60. The molecule has 0 amide bonds. The Balaban J connectivity index is 1.73. The number of methoxy groups -OCH3 is 2. The van der Waals surface area contributed by atoms with Crippen LogP contribution in [-0.2, 0) is 13.0 Å². The molecule has 26 heavy (non-hydrogen) atoms. The van der Waals surface area contributed by atoms with Crippen molar-refractivity contribution in [2.45, 2.75) is 19.9 Å². The fraction of sp³-hybridized carbons (Fsp3) is 0.263. The molecule has 0 aliphatic heterocycles. The van der Waals surface area contributed by atoms with Crippen molar-refractivity contribution < 1.29 is 14.0 Å². The summed E-state index contributed by atoms with van der Waals surface area (Å²) in [5.74, 6) is 2.18. The summed E-state index contributed by atoms with van der Waals surface area (Å²) in [6, 6.07) is 11.6. The average molecular weight is 374 g/mol. The first-order chi connectivity index (χ1) is 12.6. The van der Waals surface area contributed by atoms with Gasteiger partial charge in [-0.25, -0.2) is 0 Å². The van der Waals surface area contributed by atoms with E-state index < -0.39 is 0 Å². The molecule has 2 aromatic carbocycles. The molecule has 0 aliphatic carbocycles. The van der Waals surface area contributed by atoms with E-state index in [1.54, 1.807) is 26.4 Å². The predicted octanol–water partition coefficient (Wildman–Crippen LogP) is 4.58. The monoisotopic (exact) mass is 373 g/mol. The van der Waals surface area contributed by atoms with E-state index >= 15 is 0 Å². The standard InChI is InChI=1S/C19H20ClN3O3/c1-4-12-5-7-13(8-6-12)19-22-18(26-23-19)11-21-15-10-16(24-2)14(20)9-17(15)25-3/h5-10,21H,4,11H2,1-3H3. The Kier molecular flexibility index (Phi) is 5.63. The zero-order chi connectivity index (χ0) is 18.5. The number of aromatic nitrogens is 2. The van der Waals surface area contributed by atoms with Crippen molar-refractivity contribution in [2.24, 2.45) is 0 Å². The first-order valence-electron chi connectivity index (χ1n) is 8.22. The second kappa shape index (κ2) is 8.10. The van der Waals surface area contributed by atoms with Gasteiger partial charge in [0, 0.05) is 17.7 Å². The second-order valence-corrected chi connectivity index (χ2v) is 6.01. The smallest absolute Gasteiger partial charge is 0.246 e. The minimum absolute atomic E-state index is 0.348. The van der Waals surface area contributed by atoms with Crippen LogP contribution in [0.2, 0.25) is 5.02 Å². The van der Waals surface area contributed by atoms with Gasteiger partial charge in [0.1, 0.15) is 11.5 Å². The average Bonchev–Trinajstić information content (AvgIpc) is 3.15. The van der Waals surface area contributed by atoms with Crippen LogP contribution in [0, 0.1) is 0 Å². The number of aryl methyl sites for hydroxylation is 1. The van der Waals surface area contributed by atoms with Gasteiger partial charge in [0.2, 0.25) is 11.7 Å². The predicted molar refractivity (Wildman–Crippen MR) is 101 cm³/mol. The van der Waals surface area contributed by atoms with Gasteiger partial charge in [0.15, 0.2) is 0 Å². The van der Waals surface area contributed by atoms with Crippen LogP contribution in [0.1, 0.15) is 18.4 Å². The van der Waals surface area contributed by atoms with E-state index in [1.807, 2.05) is 12.1 Å². The molecule has 0 saturated carbocycles. The van der Waals surface area contributed by atoms with Gasteiger partial charge >= 0.3 is 0 Å². The highest BCUT2D eigenvalue weighted by Crippen LogP contribution is 2.36. The molecule has 1 N–H and O–H groups in total. The fourth-order valence-corrected chi connectivity index (χ4v) is 2.73. The first-order valence-corrected chi connectivity index (χ1v) is 8.59. The Hall–Kier alpha value is -2.73.